The van der Waals surface area contributed by atoms with Gasteiger partial charge in [-0.2, -0.15) is 0 Å². The first-order valence-electron chi connectivity index (χ1n) is 2.84. The fraction of sp³-hybridized carbons (Fsp3) is 0.333. The standard InChI is InChI=1S/C6H2BrF5/c7-6(12)1-2(8)3(9)4(10)5(6)11/h1H2. The fourth-order valence-electron chi connectivity index (χ4n) is 0.726. The molecular weight excluding hydrogens is 247 g/mol. The van der Waals surface area contributed by atoms with Gasteiger partial charge in [-0.25, -0.2) is 22.0 Å². The highest BCUT2D eigenvalue weighted by atomic mass is 79.9. The largest absolute Gasteiger partial charge is 0.225 e. The average Bonchev–Trinajstić information content (AvgIpc) is 1.97. The van der Waals surface area contributed by atoms with Gasteiger partial charge in [0.05, 0.1) is 6.42 Å². The Hall–Kier alpha value is -0.390. The summed E-state index contributed by atoms with van der Waals surface area (Å²) < 4.78 is 59.0. The fourth-order valence-corrected chi connectivity index (χ4v) is 1.15. The van der Waals surface area contributed by atoms with Crippen molar-refractivity contribution in [3.63, 3.8) is 0 Å². The zero-order chi connectivity index (χ0) is 9.52. The molecule has 12 heavy (non-hydrogen) atoms. The summed E-state index contributed by atoms with van der Waals surface area (Å²) >= 11 is 2.09. The molecule has 1 atom stereocenters. The minimum Gasteiger partial charge on any atom is -0.223 e. The van der Waals surface area contributed by atoms with Gasteiger partial charge in [0.15, 0.2) is 17.5 Å². The Morgan fingerprint density at radius 2 is 1.58 bits per heavy atom. The molecule has 1 rings (SSSR count). The summed E-state index contributed by atoms with van der Waals surface area (Å²) in [6.07, 6.45) is -1.18. The van der Waals surface area contributed by atoms with E-state index in [0.29, 0.717) is 0 Å². The van der Waals surface area contributed by atoms with Crippen LogP contribution in [0.1, 0.15) is 6.42 Å². The number of halogens is 6. The van der Waals surface area contributed by atoms with E-state index in [1.807, 2.05) is 0 Å². The van der Waals surface area contributed by atoms with E-state index in [2.05, 4.69) is 15.9 Å². The third kappa shape index (κ3) is 1.39. The van der Waals surface area contributed by atoms with E-state index in [1.165, 1.54) is 0 Å². The van der Waals surface area contributed by atoms with Crippen molar-refractivity contribution in [2.24, 2.45) is 0 Å². The van der Waals surface area contributed by atoms with Crippen LogP contribution in [0.3, 0.4) is 0 Å². The Bertz CT molecular complexity index is 278. The highest BCUT2D eigenvalue weighted by molar-refractivity contribution is 9.10. The molecule has 0 fully saturated rings. The molecule has 6 heteroatoms. The van der Waals surface area contributed by atoms with Crippen LogP contribution in [-0.2, 0) is 0 Å². The van der Waals surface area contributed by atoms with Gasteiger partial charge in [0.25, 0.3) is 0 Å². The van der Waals surface area contributed by atoms with Crippen molar-refractivity contribution in [3.8, 4) is 0 Å². The maximum absolute atomic E-state index is 12.7. The lowest BCUT2D eigenvalue weighted by atomic mass is 10.1. The number of hydrogen-bond acceptors (Lipinski definition) is 0. The van der Waals surface area contributed by atoms with E-state index >= 15 is 0 Å². The zero-order valence-electron chi connectivity index (χ0n) is 5.47. The summed E-state index contributed by atoms with van der Waals surface area (Å²) in [5.74, 6) is -7.71. The van der Waals surface area contributed by atoms with Gasteiger partial charge in [0.1, 0.15) is 5.83 Å². The van der Waals surface area contributed by atoms with Gasteiger partial charge in [-0.3, -0.25) is 0 Å². The van der Waals surface area contributed by atoms with E-state index in [-0.39, 0.29) is 0 Å². The highest BCUT2D eigenvalue weighted by Crippen LogP contribution is 2.45. The number of alkyl halides is 2. The highest BCUT2D eigenvalue weighted by Gasteiger charge is 2.42. The molecule has 1 aliphatic rings. The van der Waals surface area contributed by atoms with E-state index in [0.717, 1.165) is 0 Å². The summed E-state index contributed by atoms with van der Waals surface area (Å²) in [6.45, 7) is 0. The monoisotopic (exact) mass is 248 g/mol. The molecule has 0 bridgehead atoms. The van der Waals surface area contributed by atoms with Crippen LogP contribution >= 0.6 is 15.9 Å². The van der Waals surface area contributed by atoms with Gasteiger partial charge in [0.2, 0.25) is 4.58 Å². The van der Waals surface area contributed by atoms with Crippen molar-refractivity contribution < 1.29 is 22.0 Å². The maximum Gasteiger partial charge on any atom is 0.225 e. The average molecular weight is 249 g/mol. The number of allylic oxidation sites excluding steroid dienone is 4. The van der Waals surface area contributed by atoms with Crippen molar-refractivity contribution in [2.75, 3.05) is 0 Å². The van der Waals surface area contributed by atoms with Crippen molar-refractivity contribution in [2.45, 2.75) is 11.0 Å². The van der Waals surface area contributed by atoms with Crippen LogP contribution in [0.2, 0.25) is 0 Å². The molecule has 0 amide bonds. The minimum atomic E-state index is -2.96. The molecule has 0 aromatic rings. The van der Waals surface area contributed by atoms with Gasteiger partial charge in [-0.05, 0) is 15.9 Å². The summed E-state index contributed by atoms with van der Waals surface area (Å²) in [5, 5.41) is 0. The van der Waals surface area contributed by atoms with Gasteiger partial charge in [-0.1, -0.05) is 0 Å². The molecule has 0 saturated heterocycles. The van der Waals surface area contributed by atoms with Crippen LogP contribution in [0.4, 0.5) is 22.0 Å². The van der Waals surface area contributed by atoms with Crippen LogP contribution in [0.5, 0.6) is 0 Å². The molecule has 1 aliphatic carbocycles. The molecule has 0 nitrogen and oxygen atoms in total. The van der Waals surface area contributed by atoms with E-state index in [1.54, 1.807) is 0 Å². The van der Waals surface area contributed by atoms with Crippen LogP contribution in [-0.4, -0.2) is 4.58 Å². The smallest absolute Gasteiger partial charge is 0.223 e. The van der Waals surface area contributed by atoms with Crippen LogP contribution in [0.15, 0.2) is 23.3 Å². The van der Waals surface area contributed by atoms with Crippen molar-refractivity contribution in [1.82, 2.24) is 0 Å². The quantitative estimate of drug-likeness (QED) is 0.453. The lowest BCUT2D eigenvalue weighted by molar-refractivity contribution is 0.249. The zero-order valence-corrected chi connectivity index (χ0v) is 7.06. The van der Waals surface area contributed by atoms with Gasteiger partial charge < -0.3 is 0 Å². The molecule has 1 unspecified atom stereocenters. The molecule has 68 valence electrons. The number of rotatable bonds is 0. The Kier molecular flexibility index (Phi) is 2.29. The SMILES string of the molecule is FC1=C(F)C(F)=C(F)C(F)(Br)C1. The Labute approximate surface area is 72.9 Å². The second kappa shape index (κ2) is 2.83. The third-order valence-electron chi connectivity index (χ3n) is 1.32. The first kappa shape index (κ1) is 9.70. The molecule has 0 radical (unpaired) electrons. The van der Waals surface area contributed by atoms with Gasteiger partial charge in [0, 0.05) is 0 Å². The minimum absolute atomic E-state index is 1.18. The van der Waals surface area contributed by atoms with Crippen LogP contribution in [0, 0.1) is 0 Å². The van der Waals surface area contributed by atoms with Crippen molar-refractivity contribution in [3.05, 3.63) is 23.3 Å². The molecule has 0 spiro atoms. The topological polar surface area (TPSA) is 0 Å². The van der Waals surface area contributed by atoms with Crippen molar-refractivity contribution >= 4 is 15.9 Å². The summed E-state index contributed by atoms with van der Waals surface area (Å²) in [4.78, 5) is 0. The molecule has 0 aliphatic heterocycles. The Balaban J connectivity index is 3.20. The Morgan fingerprint density at radius 1 is 1.08 bits per heavy atom. The van der Waals surface area contributed by atoms with E-state index in [9.17, 15) is 22.0 Å². The molecule has 0 N–H and O–H groups in total. The Morgan fingerprint density at radius 3 is 2.08 bits per heavy atom. The van der Waals surface area contributed by atoms with Crippen molar-refractivity contribution in [1.29, 1.82) is 0 Å². The molecule has 0 aromatic heterocycles. The van der Waals surface area contributed by atoms with Gasteiger partial charge >= 0.3 is 0 Å². The first-order chi connectivity index (χ1) is 5.36. The predicted octanol–water partition coefficient (Wildman–Crippen LogP) is 3.75. The second-order valence-electron chi connectivity index (χ2n) is 2.23. The van der Waals surface area contributed by atoms with Crippen LogP contribution in [0.25, 0.3) is 0 Å². The molecule has 0 saturated carbocycles. The summed E-state index contributed by atoms with van der Waals surface area (Å²) in [7, 11) is 0. The normalized spacial score (nSPS) is 31.5. The van der Waals surface area contributed by atoms with Gasteiger partial charge in [-0.15, -0.1) is 0 Å². The maximum atomic E-state index is 12.7. The molecular formula is C6H2BrF5. The lowest BCUT2D eigenvalue weighted by Crippen LogP contribution is -2.20. The summed E-state index contributed by atoms with van der Waals surface area (Å²) in [5.41, 5.74) is 0. The second-order valence-corrected chi connectivity index (χ2v) is 3.49. The van der Waals surface area contributed by atoms with E-state index < -0.39 is 34.3 Å². The molecule has 0 aromatic carbocycles. The number of hydrogen-bond donors (Lipinski definition) is 0. The van der Waals surface area contributed by atoms with Crippen LogP contribution < -0.4 is 0 Å². The molecule has 0 heterocycles. The third-order valence-corrected chi connectivity index (χ3v) is 1.95. The first-order valence-corrected chi connectivity index (χ1v) is 3.63. The lowest BCUT2D eigenvalue weighted by Gasteiger charge is -2.19. The predicted molar refractivity (Wildman–Crippen MR) is 35.9 cm³/mol. The summed E-state index contributed by atoms with van der Waals surface area (Å²) in [6, 6.07) is 0. The van der Waals surface area contributed by atoms with E-state index in [4.69, 9.17) is 0 Å².